The minimum absolute atomic E-state index is 0. The zero-order chi connectivity index (χ0) is 13.7. The second-order valence-electron chi connectivity index (χ2n) is 4.96. The molecule has 0 saturated carbocycles. The molecule has 0 spiro atoms. The zero-order valence-corrected chi connectivity index (χ0v) is 13.0. The van der Waals surface area contributed by atoms with Crippen LogP contribution >= 0.6 is 12.4 Å². The van der Waals surface area contributed by atoms with Gasteiger partial charge in [-0.15, -0.1) is 12.4 Å². The summed E-state index contributed by atoms with van der Waals surface area (Å²) in [5.74, 6) is 2.10. The van der Waals surface area contributed by atoms with Crippen molar-refractivity contribution in [1.29, 1.82) is 0 Å². The number of nitrogens with one attached hydrogen (secondary N) is 1. The van der Waals surface area contributed by atoms with Gasteiger partial charge in [-0.3, -0.25) is 0 Å². The van der Waals surface area contributed by atoms with E-state index in [1.165, 1.54) is 0 Å². The third kappa shape index (κ3) is 4.01. The van der Waals surface area contributed by atoms with Crippen molar-refractivity contribution < 1.29 is 9.47 Å². The summed E-state index contributed by atoms with van der Waals surface area (Å²) in [6.07, 6.45) is 2.27. The van der Waals surface area contributed by atoms with Crippen LogP contribution in [0.3, 0.4) is 0 Å². The molecular weight excluding hydrogens is 276 g/mol. The first-order valence-electron chi connectivity index (χ1n) is 7.03. The van der Waals surface area contributed by atoms with Gasteiger partial charge in [0.15, 0.2) is 11.5 Å². The van der Waals surface area contributed by atoms with E-state index in [-0.39, 0.29) is 18.4 Å². The van der Waals surface area contributed by atoms with Gasteiger partial charge in [-0.05, 0) is 56.5 Å². The predicted octanol–water partition coefficient (Wildman–Crippen LogP) is 2.52. The predicted molar refractivity (Wildman–Crippen MR) is 83.9 cm³/mol. The first-order chi connectivity index (χ1) is 9.26. The lowest BCUT2D eigenvalue weighted by Gasteiger charge is -2.28. The molecule has 1 atom stereocenters. The molecule has 3 N–H and O–H groups in total. The Morgan fingerprint density at radius 1 is 1.30 bits per heavy atom. The van der Waals surface area contributed by atoms with Crippen LogP contribution in [0, 0.1) is 5.92 Å². The van der Waals surface area contributed by atoms with E-state index in [2.05, 4.69) is 11.4 Å². The van der Waals surface area contributed by atoms with E-state index in [1.54, 1.807) is 7.11 Å². The van der Waals surface area contributed by atoms with E-state index < -0.39 is 0 Å². The van der Waals surface area contributed by atoms with Gasteiger partial charge in [0, 0.05) is 6.04 Å². The molecule has 1 fully saturated rings. The van der Waals surface area contributed by atoms with Crippen LogP contribution in [0.5, 0.6) is 11.5 Å². The molecule has 0 radical (unpaired) electrons. The van der Waals surface area contributed by atoms with E-state index in [0.717, 1.165) is 43.0 Å². The van der Waals surface area contributed by atoms with Crippen molar-refractivity contribution in [2.75, 3.05) is 26.8 Å². The second-order valence-corrected chi connectivity index (χ2v) is 4.96. The Balaban J connectivity index is 0.00000200. The molecule has 2 rings (SSSR count). The van der Waals surface area contributed by atoms with Gasteiger partial charge in [0.05, 0.1) is 13.7 Å². The third-order valence-electron chi connectivity index (χ3n) is 3.76. The number of piperidine rings is 1. The fourth-order valence-corrected chi connectivity index (χ4v) is 2.64. The smallest absolute Gasteiger partial charge is 0.161 e. The summed E-state index contributed by atoms with van der Waals surface area (Å²) in [5, 5.41) is 3.37. The Bertz CT molecular complexity index is 409. The number of benzene rings is 1. The zero-order valence-electron chi connectivity index (χ0n) is 12.2. The summed E-state index contributed by atoms with van der Waals surface area (Å²) >= 11 is 0. The highest BCUT2D eigenvalue weighted by Gasteiger charge is 2.22. The van der Waals surface area contributed by atoms with Crippen LogP contribution < -0.4 is 20.5 Å². The first-order valence-corrected chi connectivity index (χ1v) is 7.03. The first kappa shape index (κ1) is 17.1. The van der Waals surface area contributed by atoms with Crippen molar-refractivity contribution in [3.63, 3.8) is 0 Å². The molecule has 114 valence electrons. The fraction of sp³-hybridized carbons (Fsp3) is 0.600. The van der Waals surface area contributed by atoms with Gasteiger partial charge in [0.25, 0.3) is 0 Å². The lowest BCUT2D eigenvalue weighted by Crippen LogP contribution is -2.33. The number of nitrogens with two attached hydrogens (primary N) is 1. The normalized spacial score (nSPS) is 17.1. The molecule has 1 aliphatic rings. The van der Waals surface area contributed by atoms with E-state index in [9.17, 15) is 0 Å². The van der Waals surface area contributed by atoms with E-state index >= 15 is 0 Å². The molecule has 0 unspecified atom stereocenters. The Morgan fingerprint density at radius 3 is 2.60 bits per heavy atom. The van der Waals surface area contributed by atoms with Gasteiger partial charge in [-0.25, -0.2) is 0 Å². The Hall–Kier alpha value is -0.970. The summed E-state index contributed by atoms with van der Waals surface area (Å²) in [4.78, 5) is 0. The number of ether oxygens (including phenoxy) is 2. The van der Waals surface area contributed by atoms with Crippen molar-refractivity contribution in [2.24, 2.45) is 11.7 Å². The van der Waals surface area contributed by atoms with Crippen LogP contribution in [0.1, 0.15) is 31.4 Å². The van der Waals surface area contributed by atoms with E-state index in [1.807, 2.05) is 19.1 Å². The van der Waals surface area contributed by atoms with Crippen LogP contribution in [0.2, 0.25) is 0 Å². The van der Waals surface area contributed by atoms with Gasteiger partial charge in [-0.2, -0.15) is 0 Å². The standard InChI is InChI=1S/C15H24N2O2.ClH/c1-3-19-13-5-4-12(10-14(13)18-2)15(16)11-6-8-17-9-7-11;/h4-5,10-11,15,17H,3,6-9,16H2,1-2H3;1H/t15-;/m1./s1. The lowest BCUT2D eigenvalue weighted by molar-refractivity contribution is 0.306. The number of hydrogen-bond acceptors (Lipinski definition) is 4. The van der Waals surface area contributed by atoms with Gasteiger partial charge >= 0.3 is 0 Å². The molecular formula is C15H25ClN2O2. The van der Waals surface area contributed by atoms with Crippen LogP contribution in [0.4, 0.5) is 0 Å². The average molecular weight is 301 g/mol. The number of hydrogen-bond donors (Lipinski definition) is 2. The molecule has 1 aromatic carbocycles. The number of rotatable bonds is 5. The van der Waals surface area contributed by atoms with Gasteiger partial charge in [0.2, 0.25) is 0 Å². The molecule has 0 aliphatic carbocycles. The summed E-state index contributed by atoms with van der Waals surface area (Å²) < 4.78 is 10.9. The molecule has 1 saturated heterocycles. The maximum absolute atomic E-state index is 6.39. The SMILES string of the molecule is CCOc1ccc([C@H](N)C2CCNCC2)cc1OC.Cl. The molecule has 1 aromatic rings. The molecule has 5 heteroatoms. The van der Waals surface area contributed by atoms with Crippen LogP contribution in [-0.2, 0) is 0 Å². The van der Waals surface area contributed by atoms with Crippen molar-refractivity contribution in [2.45, 2.75) is 25.8 Å². The largest absolute Gasteiger partial charge is 0.493 e. The summed E-state index contributed by atoms with van der Waals surface area (Å²) in [7, 11) is 1.66. The average Bonchev–Trinajstić information content (AvgIpc) is 2.48. The highest BCUT2D eigenvalue weighted by molar-refractivity contribution is 5.85. The molecule has 1 aliphatic heterocycles. The molecule has 4 nitrogen and oxygen atoms in total. The molecule has 20 heavy (non-hydrogen) atoms. The molecule has 1 heterocycles. The second kappa shape index (κ2) is 8.35. The van der Waals surface area contributed by atoms with Crippen LogP contribution in [0.25, 0.3) is 0 Å². The quantitative estimate of drug-likeness (QED) is 0.877. The monoisotopic (exact) mass is 300 g/mol. The Morgan fingerprint density at radius 2 is 2.00 bits per heavy atom. The minimum atomic E-state index is 0. The summed E-state index contributed by atoms with van der Waals surface area (Å²) in [6.45, 7) is 4.73. The van der Waals surface area contributed by atoms with Crippen molar-refractivity contribution in [3.8, 4) is 11.5 Å². The third-order valence-corrected chi connectivity index (χ3v) is 3.76. The van der Waals surface area contributed by atoms with Gasteiger partial charge in [-0.1, -0.05) is 6.07 Å². The summed E-state index contributed by atoms with van der Waals surface area (Å²) in [5.41, 5.74) is 7.52. The van der Waals surface area contributed by atoms with E-state index in [0.29, 0.717) is 12.5 Å². The molecule has 0 amide bonds. The maximum Gasteiger partial charge on any atom is 0.161 e. The van der Waals surface area contributed by atoms with Crippen molar-refractivity contribution in [3.05, 3.63) is 23.8 Å². The van der Waals surface area contributed by atoms with Crippen LogP contribution in [-0.4, -0.2) is 26.8 Å². The number of methoxy groups -OCH3 is 1. The highest BCUT2D eigenvalue weighted by atomic mass is 35.5. The lowest BCUT2D eigenvalue weighted by atomic mass is 9.86. The molecule has 0 bridgehead atoms. The Labute approximate surface area is 127 Å². The minimum Gasteiger partial charge on any atom is -0.493 e. The van der Waals surface area contributed by atoms with E-state index in [4.69, 9.17) is 15.2 Å². The highest BCUT2D eigenvalue weighted by Crippen LogP contribution is 2.33. The van der Waals surface area contributed by atoms with Crippen LogP contribution in [0.15, 0.2) is 18.2 Å². The number of halogens is 1. The maximum atomic E-state index is 6.39. The van der Waals surface area contributed by atoms with Gasteiger partial charge < -0.3 is 20.5 Å². The molecule has 0 aromatic heterocycles. The summed E-state index contributed by atoms with van der Waals surface area (Å²) in [6, 6.07) is 6.10. The van der Waals surface area contributed by atoms with Crippen molar-refractivity contribution >= 4 is 12.4 Å². The Kier molecular flexibility index (Phi) is 7.13. The van der Waals surface area contributed by atoms with Crippen molar-refractivity contribution in [1.82, 2.24) is 5.32 Å². The topological polar surface area (TPSA) is 56.5 Å². The fourth-order valence-electron chi connectivity index (χ4n) is 2.64. The van der Waals surface area contributed by atoms with Gasteiger partial charge in [0.1, 0.15) is 0 Å².